The summed E-state index contributed by atoms with van der Waals surface area (Å²) in [6.45, 7) is 5.04. The maximum Gasteiger partial charge on any atom is 0.205 e. The highest BCUT2D eigenvalue weighted by Gasteiger charge is 2.29. The third-order valence-corrected chi connectivity index (χ3v) is 2.52. The van der Waals surface area contributed by atoms with Crippen molar-refractivity contribution in [2.24, 2.45) is 16.8 Å². The van der Waals surface area contributed by atoms with Crippen LogP contribution in [0.15, 0.2) is 4.99 Å². The molecule has 0 amide bonds. The first-order valence-corrected chi connectivity index (χ1v) is 5.46. The molecule has 0 unspecified atom stereocenters. The number of hydrogen-bond acceptors (Lipinski definition) is 3. The molecule has 1 fully saturated rings. The molecule has 0 aliphatic heterocycles. The molecule has 0 aromatic carbocycles. The molecule has 15 heavy (non-hydrogen) atoms. The number of hydrogen-bond donors (Lipinski definition) is 3. The number of rotatable bonds is 4. The number of nitrogens with one attached hydrogen (secondary N) is 2. The first-order valence-electron chi connectivity index (χ1n) is 5.46. The summed E-state index contributed by atoms with van der Waals surface area (Å²) < 4.78 is 5.20. The van der Waals surface area contributed by atoms with Crippen LogP contribution in [0.1, 0.15) is 26.7 Å². The lowest BCUT2D eigenvalue weighted by Crippen LogP contribution is -2.53. The van der Waals surface area contributed by atoms with Crippen LogP contribution in [0.4, 0.5) is 0 Å². The second-order valence-electron chi connectivity index (χ2n) is 4.40. The van der Waals surface area contributed by atoms with Gasteiger partial charge in [-0.25, -0.2) is 5.84 Å². The van der Waals surface area contributed by atoms with Crippen LogP contribution in [0.5, 0.6) is 0 Å². The molecule has 0 bridgehead atoms. The zero-order chi connectivity index (χ0) is 11.3. The van der Waals surface area contributed by atoms with Gasteiger partial charge >= 0.3 is 0 Å². The van der Waals surface area contributed by atoms with Gasteiger partial charge in [0.25, 0.3) is 0 Å². The van der Waals surface area contributed by atoms with Crippen molar-refractivity contribution < 1.29 is 4.74 Å². The van der Waals surface area contributed by atoms with E-state index in [1.54, 1.807) is 7.11 Å². The molecular formula is C10H22N4O. The lowest BCUT2D eigenvalue weighted by molar-refractivity contribution is 0.0224. The van der Waals surface area contributed by atoms with Gasteiger partial charge in [-0.2, -0.15) is 0 Å². The third-order valence-electron chi connectivity index (χ3n) is 2.52. The van der Waals surface area contributed by atoms with E-state index in [-0.39, 0.29) is 0 Å². The van der Waals surface area contributed by atoms with Gasteiger partial charge in [-0.1, -0.05) is 13.8 Å². The molecule has 0 radical (unpaired) electrons. The Morgan fingerprint density at radius 2 is 2.20 bits per heavy atom. The minimum atomic E-state index is 0.395. The zero-order valence-corrected chi connectivity index (χ0v) is 9.79. The standard InChI is InChI=1S/C10H22N4O/c1-7(2)6-12-10(14-11)13-8-4-9(5-8)15-3/h7-9H,4-6,11H2,1-3H3,(H2,12,13,14). The van der Waals surface area contributed by atoms with E-state index in [9.17, 15) is 0 Å². The fourth-order valence-corrected chi connectivity index (χ4v) is 1.48. The lowest BCUT2D eigenvalue weighted by Gasteiger charge is -2.35. The molecular weight excluding hydrogens is 192 g/mol. The van der Waals surface area contributed by atoms with E-state index in [1.165, 1.54) is 0 Å². The van der Waals surface area contributed by atoms with Gasteiger partial charge in [0.2, 0.25) is 5.96 Å². The molecule has 1 rings (SSSR count). The van der Waals surface area contributed by atoms with E-state index in [4.69, 9.17) is 10.6 Å². The number of nitrogens with zero attached hydrogens (tertiary/aromatic N) is 1. The summed E-state index contributed by atoms with van der Waals surface area (Å²) >= 11 is 0. The molecule has 5 heteroatoms. The topological polar surface area (TPSA) is 71.7 Å². The number of aliphatic imine (C=N–C) groups is 1. The molecule has 88 valence electrons. The van der Waals surface area contributed by atoms with Crippen molar-refractivity contribution in [1.82, 2.24) is 10.7 Å². The van der Waals surface area contributed by atoms with Gasteiger partial charge in [0, 0.05) is 19.7 Å². The molecule has 4 N–H and O–H groups in total. The lowest BCUT2D eigenvalue weighted by atomic mass is 9.89. The van der Waals surface area contributed by atoms with Gasteiger partial charge in [0.1, 0.15) is 0 Å². The highest BCUT2D eigenvalue weighted by atomic mass is 16.5. The van der Waals surface area contributed by atoms with Gasteiger partial charge in [-0.15, -0.1) is 0 Å². The molecule has 0 spiro atoms. The van der Waals surface area contributed by atoms with Crippen molar-refractivity contribution in [3.63, 3.8) is 0 Å². The molecule has 0 aromatic heterocycles. The van der Waals surface area contributed by atoms with Crippen molar-refractivity contribution in [2.45, 2.75) is 38.8 Å². The summed E-state index contributed by atoms with van der Waals surface area (Å²) in [5.74, 6) is 6.61. The molecule has 0 saturated heterocycles. The van der Waals surface area contributed by atoms with Gasteiger partial charge < -0.3 is 10.1 Å². The number of nitrogens with two attached hydrogens (primary N) is 1. The van der Waals surface area contributed by atoms with Crippen molar-refractivity contribution in [2.75, 3.05) is 13.7 Å². The van der Waals surface area contributed by atoms with Crippen molar-refractivity contribution >= 4 is 5.96 Å². The van der Waals surface area contributed by atoms with E-state index in [0.29, 0.717) is 24.0 Å². The van der Waals surface area contributed by atoms with Gasteiger partial charge in [0.15, 0.2) is 0 Å². The quantitative estimate of drug-likeness (QED) is 0.271. The average molecular weight is 214 g/mol. The second kappa shape index (κ2) is 5.92. The van der Waals surface area contributed by atoms with Crippen LogP contribution in [0, 0.1) is 5.92 Å². The number of ether oxygens (including phenoxy) is 1. The predicted octanol–water partition coefficient (Wildman–Crippen LogP) is 0.229. The van der Waals surface area contributed by atoms with Crippen LogP contribution in [0.3, 0.4) is 0 Å². The van der Waals surface area contributed by atoms with Crippen molar-refractivity contribution in [3.8, 4) is 0 Å². The first kappa shape index (κ1) is 12.3. The first-order chi connectivity index (χ1) is 7.15. The molecule has 1 aliphatic carbocycles. The van der Waals surface area contributed by atoms with Gasteiger partial charge in [0.05, 0.1) is 6.10 Å². The summed E-state index contributed by atoms with van der Waals surface area (Å²) in [6.07, 6.45) is 2.45. The Bertz CT molecular complexity index is 211. The highest BCUT2D eigenvalue weighted by molar-refractivity contribution is 5.79. The normalized spacial score (nSPS) is 26.3. The zero-order valence-electron chi connectivity index (χ0n) is 9.79. The summed E-state index contributed by atoms with van der Waals surface area (Å²) in [6, 6.07) is 0.442. The van der Waals surface area contributed by atoms with Crippen LogP contribution in [-0.2, 0) is 4.74 Å². The molecule has 1 aliphatic rings. The van der Waals surface area contributed by atoms with Gasteiger partial charge in [-0.05, 0) is 18.8 Å². The minimum Gasteiger partial charge on any atom is -0.381 e. The Kier molecular flexibility index (Phi) is 4.84. The Balaban J connectivity index is 2.25. The largest absolute Gasteiger partial charge is 0.381 e. The third kappa shape index (κ3) is 4.05. The number of guanidine groups is 1. The fourth-order valence-electron chi connectivity index (χ4n) is 1.48. The molecule has 5 nitrogen and oxygen atoms in total. The van der Waals surface area contributed by atoms with Crippen molar-refractivity contribution in [1.29, 1.82) is 0 Å². The van der Waals surface area contributed by atoms with Crippen LogP contribution < -0.4 is 16.6 Å². The Morgan fingerprint density at radius 1 is 1.53 bits per heavy atom. The Morgan fingerprint density at radius 3 is 2.67 bits per heavy atom. The van der Waals surface area contributed by atoms with Crippen LogP contribution in [0.2, 0.25) is 0 Å². The molecule has 1 saturated carbocycles. The van der Waals surface area contributed by atoms with E-state index < -0.39 is 0 Å². The maximum atomic E-state index is 5.38. The van der Waals surface area contributed by atoms with E-state index in [2.05, 4.69) is 29.6 Å². The number of hydrazine groups is 1. The molecule has 0 heterocycles. The SMILES string of the molecule is COC1CC(NC(=NCC(C)C)NN)C1. The summed E-state index contributed by atoms with van der Waals surface area (Å²) in [4.78, 5) is 4.34. The average Bonchev–Trinajstić information content (AvgIpc) is 2.15. The second-order valence-corrected chi connectivity index (χ2v) is 4.40. The Hall–Kier alpha value is -0.810. The maximum absolute atomic E-state index is 5.38. The van der Waals surface area contributed by atoms with E-state index in [1.807, 2.05) is 0 Å². The van der Waals surface area contributed by atoms with Crippen LogP contribution in [-0.4, -0.2) is 31.8 Å². The summed E-state index contributed by atoms with van der Waals surface area (Å²) in [5.41, 5.74) is 2.59. The number of methoxy groups -OCH3 is 1. The monoisotopic (exact) mass is 214 g/mol. The van der Waals surface area contributed by atoms with Crippen LogP contribution in [0.25, 0.3) is 0 Å². The van der Waals surface area contributed by atoms with E-state index in [0.717, 1.165) is 19.4 Å². The van der Waals surface area contributed by atoms with Gasteiger partial charge in [-0.3, -0.25) is 10.4 Å². The highest BCUT2D eigenvalue weighted by Crippen LogP contribution is 2.22. The summed E-state index contributed by atoms with van der Waals surface area (Å²) in [7, 11) is 1.75. The van der Waals surface area contributed by atoms with E-state index >= 15 is 0 Å². The molecule has 0 atom stereocenters. The fraction of sp³-hybridized carbons (Fsp3) is 0.900. The molecule has 0 aromatic rings. The summed E-state index contributed by atoms with van der Waals surface area (Å²) in [5, 5.41) is 3.26. The predicted molar refractivity (Wildman–Crippen MR) is 61.4 cm³/mol. The Labute approximate surface area is 91.4 Å². The van der Waals surface area contributed by atoms with Crippen molar-refractivity contribution in [3.05, 3.63) is 0 Å². The smallest absolute Gasteiger partial charge is 0.205 e. The van der Waals surface area contributed by atoms with Crippen LogP contribution >= 0.6 is 0 Å². The minimum absolute atomic E-state index is 0.395.